The van der Waals surface area contributed by atoms with Gasteiger partial charge in [0.15, 0.2) is 0 Å². The zero-order valence-corrected chi connectivity index (χ0v) is 12.6. The van der Waals surface area contributed by atoms with Crippen molar-refractivity contribution in [2.45, 2.75) is 40.5 Å². The molecule has 3 nitrogen and oxygen atoms in total. The molecule has 1 N–H and O–H groups in total. The molecule has 0 radical (unpaired) electrons. The molecule has 1 aromatic heterocycles. The van der Waals surface area contributed by atoms with Gasteiger partial charge >= 0.3 is 0 Å². The Bertz CT molecular complexity index is 551. The Labute approximate surface area is 115 Å². The van der Waals surface area contributed by atoms with Crippen molar-refractivity contribution in [2.75, 3.05) is 7.11 Å². The summed E-state index contributed by atoms with van der Waals surface area (Å²) in [6, 6.07) is 5.95. The van der Waals surface area contributed by atoms with Crippen molar-refractivity contribution >= 4 is 11.0 Å². The summed E-state index contributed by atoms with van der Waals surface area (Å²) in [6.07, 6.45) is 2.20. The maximum Gasteiger partial charge on any atom is 0.121 e. The molecule has 0 aliphatic rings. The molecule has 0 spiro atoms. The Balaban J connectivity index is 2.13. The standard InChI is InChI=1S/C16H24N2O/c1-11(10-16(2,3)4)8-15-17-13-7-6-12(19-5)9-14(13)18-15/h6-7,9,11H,8,10H2,1-5H3,(H,17,18). The van der Waals surface area contributed by atoms with E-state index in [1.165, 1.54) is 6.42 Å². The molecule has 0 fully saturated rings. The molecule has 104 valence electrons. The average Bonchev–Trinajstić information content (AvgIpc) is 2.66. The van der Waals surface area contributed by atoms with E-state index in [1.807, 2.05) is 18.2 Å². The molecule has 2 aromatic rings. The third-order valence-corrected chi connectivity index (χ3v) is 3.24. The number of benzene rings is 1. The van der Waals surface area contributed by atoms with Crippen LogP contribution in [-0.4, -0.2) is 17.1 Å². The predicted octanol–water partition coefficient (Wildman–Crippen LogP) is 4.19. The highest BCUT2D eigenvalue weighted by Gasteiger charge is 2.16. The monoisotopic (exact) mass is 260 g/mol. The highest BCUT2D eigenvalue weighted by molar-refractivity contribution is 5.76. The number of aromatic nitrogens is 2. The van der Waals surface area contributed by atoms with Crippen LogP contribution in [0.1, 0.15) is 39.9 Å². The molecule has 2 rings (SSSR count). The number of hydrogen-bond acceptors (Lipinski definition) is 2. The van der Waals surface area contributed by atoms with Crippen LogP contribution in [0.2, 0.25) is 0 Å². The fraction of sp³-hybridized carbons (Fsp3) is 0.562. The molecule has 0 amide bonds. The van der Waals surface area contributed by atoms with Gasteiger partial charge in [0.1, 0.15) is 11.6 Å². The van der Waals surface area contributed by atoms with Crippen molar-refractivity contribution in [3.05, 3.63) is 24.0 Å². The molecular weight excluding hydrogens is 236 g/mol. The minimum absolute atomic E-state index is 0.370. The van der Waals surface area contributed by atoms with Crippen molar-refractivity contribution in [3.8, 4) is 5.75 Å². The predicted molar refractivity (Wildman–Crippen MR) is 79.6 cm³/mol. The number of aromatic amines is 1. The fourth-order valence-corrected chi connectivity index (χ4v) is 2.71. The average molecular weight is 260 g/mol. The lowest BCUT2D eigenvalue weighted by atomic mass is 9.84. The summed E-state index contributed by atoms with van der Waals surface area (Å²) in [5.41, 5.74) is 2.44. The number of ether oxygens (including phenoxy) is 1. The minimum Gasteiger partial charge on any atom is -0.497 e. The van der Waals surface area contributed by atoms with Crippen LogP contribution < -0.4 is 4.74 Å². The summed E-state index contributed by atoms with van der Waals surface area (Å²) in [6.45, 7) is 9.14. The molecule has 0 bridgehead atoms. The summed E-state index contributed by atoms with van der Waals surface area (Å²) in [5, 5.41) is 0. The van der Waals surface area contributed by atoms with E-state index in [-0.39, 0.29) is 0 Å². The molecule has 3 heteroatoms. The second-order valence-electron chi connectivity index (χ2n) is 6.64. The topological polar surface area (TPSA) is 37.9 Å². The van der Waals surface area contributed by atoms with Gasteiger partial charge in [-0.2, -0.15) is 0 Å². The molecule has 0 aliphatic carbocycles. The second-order valence-corrected chi connectivity index (χ2v) is 6.64. The minimum atomic E-state index is 0.370. The maximum absolute atomic E-state index is 5.23. The van der Waals surface area contributed by atoms with Crippen LogP contribution in [0.4, 0.5) is 0 Å². The lowest BCUT2D eigenvalue weighted by Crippen LogP contribution is -2.13. The van der Waals surface area contributed by atoms with E-state index in [1.54, 1.807) is 7.11 Å². The number of imidazole rings is 1. The van der Waals surface area contributed by atoms with Gasteiger partial charge in [0.2, 0.25) is 0 Å². The van der Waals surface area contributed by atoms with Gasteiger partial charge in [0, 0.05) is 12.5 Å². The Kier molecular flexibility index (Phi) is 3.83. The first-order valence-corrected chi connectivity index (χ1v) is 6.90. The molecule has 1 heterocycles. The SMILES string of the molecule is COc1ccc2nc(CC(C)CC(C)(C)C)[nH]c2c1. The van der Waals surface area contributed by atoms with Gasteiger partial charge in [-0.1, -0.05) is 27.7 Å². The van der Waals surface area contributed by atoms with Gasteiger partial charge in [0.25, 0.3) is 0 Å². The summed E-state index contributed by atoms with van der Waals surface area (Å²) in [7, 11) is 1.68. The van der Waals surface area contributed by atoms with Gasteiger partial charge < -0.3 is 9.72 Å². The van der Waals surface area contributed by atoms with E-state index in [4.69, 9.17) is 4.74 Å². The number of fused-ring (bicyclic) bond motifs is 1. The van der Waals surface area contributed by atoms with Crippen LogP contribution in [0.15, 0.2) is 18.2 Å². The Morgan fingerprint density at radius 1 is 1.32 bits per heavy atom. The van der Waals surface area contributed by atoms with E-state index < -0.39 is 0 Å². The number of nitrogens with one attached hydrogen (secondary N) is 1. The van der Waals surface area contributed by atoms with Crippen molar-refractivity contribution in [1.82, 2.24) is 9.97 Å². The first-order chi connectivity index (χ1) is 8.87. The largest absolute Gasteiger partial charge is 0.497 e. The van der Waals surface area contributed by atoms with Crippen molar-refractivity contribution in [2.24, 2.45) is 11.3 Å². The summed E-state index contributed by atoms with van der Waals surface area (Å²) >= 11 is 0. The van der Waals surface area contributed by atoms with Crippen LogP contribution >= 0.6 is 0 Å². The number of hydrogen-bond donors (Lipinski definition) is 1. The lowest BCUT2D eigenvalue weighted by Gasteiger charge is -2.22. The molecule has 1 atom stereocenters. The van der Waals surface area contributed by atoms with Gasteiger partial charge in [-0.25, -0.2) is 4.98 Å². The molecule has 19 heavy (non-hydrogen) atoms. The first-order valence-electron chi connectivity index (χ1n) is 6.90. The molecule has 0 saturated carbocycles. The van der Waals surface area contributed by atoms with Crippen molar-refractivity contribution in [1.29, 1.82) is 0 Å². The number of methoxy groups -OCH3 is 1. The van der Waals surface area contributed by atoms with Crippen LogP contribution in [0.3, 0.4) is 0 Å². The van der Waals surface area contributed by atoms with E-state index in [2.05, 4.69) is 37.7 Å². The second kappa shape index (κ2) is 5.24. The molecule has 1 aromatic carbocycles. The zero-order valence-electron chi connectivity index (χ0n) is 12.6. The zero-order chi connectivity index (χ0) is 14.0. The lowest BCUT2D eigenvalue weighted by molar-refractivity contribution is 0.304. The maximum atomic E-state index is 5.23. The quantitative estimate of drug-likeness (QED) is 0.895. The van der Waals surface area contributed by atoms with E-state index in [9.17, 15) is 0 Å². The third kappa shape index (κ3) is 3.72. The van der Waals surface area contributed by atoms with Gasteiger partial charge in [-0.3, -0.25) is 0 Å². The highest BCUT2D eigenvalue weighted by Crippen LogP contribution is 2.26. The Morgan fingerprint density at radius 2 is 2.05 bits per heavy atom. The molecule has 0 aliphatic heterocycles. The van der Waals surface area contributed by atoms with E-state index in [0.717, 1.165) is 29.0 Å². The number of nitrogens with zero attached hydrogens (tertiary/aromatic N) is 1. The normalized spacial score (nSPS) is 13.7. The Morgan fingerprint density at radius 3 is 2.68 bits per heavy atom. The highest BCUT2D eigenvalue weighted by atomic mass is 16.5. The van der Waals surface area contributed by atoms with Crippen LogP contribution in [0, 0.1) is 11.3 Å². The molecule has 0 saturated heterocycles. The summed E-state index contributed by atoms with van der Waals surface area (Å²) < 4.78 is 5.23. The third-order valence-electron chi connectivity index (χ3n) is 3.24. The first kappa shape index (κ1) is 13.9. The number of H-pyrrole nitrogens is 1. The van der Waals surface area contributed by atoms with Gasteiger partial charge in [-0.15, -0.1) is 0 Å². The van der Waals surface area contributed by atoms with E-state index in [0.29, 0.717) is 11.3 Å². The fourth-order valence-electron chi connectivity index (χ4n) is 2.71. The van der Waals surface area contributed by atoms with Crippen LogP contribution in [0.5, 0.6) is 5.75 Å². The Hall–Kier alpha value is -1.51. The number of rotatable bonds is 4. The summed E-state index contributed by atoms with van der Waals surface area (Å²) in [5.74, 6) is 2.56. The smallest absolute Gasteiger partial charge is 0.121 e. The van der Waals surface area contributed by atoms with Crippen molar-refractivity contribution < 1.29 is 4.74 Å². The summed E-state index contributed by atoms with van der Waals surface area (Å²) in [4.78, 5) is 8.04. The van der Waals surface area contributed by atoms with E-state index >= 15 is 0 Å². The van der Waals surface area contributed by atoms with Gasteiger partial charge in [-0.05, 0) is 29.9 Å². The van der Waals surface area contributed by atoms with Gasteiger partial charge in [0.05, 0.1) is 18.1 Å². The van der Waals surface area contributed by atoms with Crippen LogP contribution in [0.25, 0.3) is 11.0 Å². The molecule has 1 unspecified atom stereocenters. The van der Waals surface area contributed by atoms with Crippen LogP contribution in [-0.2, 0) is 6.42 Å². The van der Waals surface area contributed by atoms with Crippen molar-refractivity contribution in [3.63, 3.8) is 0 Å². The molecular formula is C16H24N2O.